The van der Waals surface area contributed by atoms with E-state index in [1.54, 1.807) is 7.11 Å². The first-order valence-corrected chi connectivity index (χ1v) is 5.87. The van der Waals surface area contributed by atoms with E-state index in [1.165, 1.54) is 0 Å². The first-order chi connectivity index (χ1) is 8.79. The molecule has 3 nitrogen and oxygen atoms in total. The molecule has 0 aromatic heterocycles. The number of benzene rings is 2. The summed E-state index contributed by atoms with van der Waals surface area (Å²) in [5, 5.41) is 0. The first kappa shape index (κ1) is 12.6. The molecule has 0 fully saturated rings. The second kappa shape index (κ2) is 6.19. The van der Waals surface area contributed by atoms with Gasteiger partial charge in [0.15, 0.2) is 0 Å². The minimum Gasteiger partial charge on any atom is -0.457 e. The standard InChI is InChI=1S/C15H17NO2/c1-17-11-15(16)12-7-9-14(10-8-12)18-13-5-3-2-4-6-13/h2-10,15H,11,16H2,1H3. The minimum absolute atomic E-state index is 0.0965. The monoisotopic (exact) mass is 243 g/mol. The van der Waals surface area contributed by atoms with Crippen LogP contribution in [0.15, 0.2) is 54.6 Å². The Balaban J connectivity index is 2.04. The fraction of sp³-hybridized carbons (Fsp3) is 0.200. The number of ether oxygens (including phenoxy) is 2. The van der Waals surface area contributed by atoms with Crippen molar-refractivity contribution in [1.82, 2.24) is 0 Å². The van der Waals surface area contributed by atoms with Crippen molar-refractivity contribution in [2.75, 3.05) is 13.7 Å². The van der Waals surface area contributed by atoms with Crippen LogP contribution in [-0.4, -0.2) is 13.7 Å². The van der Waals surface area contributed by atoms with Crippen LogP contribution < -0.4 is 10.5 Å². The molecule has 2 aromatic carbocycles. The molecule has 1 atom stereocenters. The van der Waals surface area contributed by atoms with Crippen molar-refractivity contribution in [1.29, 1.82) is 0 Å². The Bertz CT molecular complexity index is 468. The third-order valence-electron chi connectivity index (χ3n) is 2.63. The molecule has 1 unspecified atom stereocenters. The highest BCUT2D eigenvalue weighted by atomic mass is 16.5. The Morgan fingerprint density at radius 1 is 0.944 bits per heavy atom. The Kier molecular flexibility index (Phi) is 4.34. The molecule has 0 aliphatic heterocycles. The van der Waals surface area contributed by atoms with E-state index in [1.807, 2.05) is 54.6 Å². The number of hydrogen-bond donors (Lipinski definition) is 1. The molecule has 0 amide bonds. The normalized spacial score (nSPS) is 12.1. The van der Waals surface area contributed by atoms with E-state index in [4.69, 9.17) is 15.2 Å². The van der Waals surface area contributed by atoms with E-state index in [0.717, 1.165) is 17.1 Å². The number of hydrogen-bond acceptors (Lipinski definition) is 3. The summed E-state index contributed by atoms with van der Waals surface area (Å²) in [5.74, 6) is 1.63. The van der Waals surface area contributed by atoms with Crippen LogP contribution in [0.1, 0.15) is 11.6 Å². The summed E-state index contributed by atoms with van der Waals surface area (Å²) in [4.78, 5) is 0. The summed E-state index contributed by atoms with van der Waals surface area (Å²) in [7, 11) is 1.65. The molecule has 0 saturated carbocycles. The maximum absolute atomic E-state index is 5.94. The topological polar surface area (TPSA) is 44.5 Å². The van der Waals surface area contributed by atoms with Crippen LogP contribution in [0, 0.1) is 0 Å². The van der Waals surface area contributed by atoms with Crippen molar-refractivity contribution in [2.24, 2.45) is 5.73 Å². The lowest BCUT2D eigenvalue weighted by Crippen LogP contribution is -2.15. The molecule has 0 aliphatic rings. The second-order valence-corrected chi connectivity index (χ2v) is 4.05. The maximum atomic E-state index is 5.94. The third-order valence-corrected chi connectivity index (χ3v) is 2.63. The van der Waals surface area contributed by atoms with Gasteiger partial charge in [-0.25, -0.2) is 0 Å². The summed E-state index contributed by atoms with van der Waals surface area (Å²) < 4.78 is 10.7. The van der Waals surface area contributed by atoms with Crippen molar-refractivity contribution in [3.05, 3.63) is 60.2 Å². The lowest BCUT2D eigenvalue weighted by atomic mass is 10.1. The SMILES string of the molecule is COCC(N)c1ccc(Oc2ccccc2)cc1. The van der Waals surface area contributed by atoms with Crippen LogP contribution >= 0.6 is 0 Å². The molecule has 0 spiro atoms. The van der Waals surface area contributed by atoms with E-state index in [-0.39, 0.29) is 6.04 Å². The van der Waals surface area contributed by atoms with E-state index in [2.05, 4.69) is 0 Å². The Morgan fingerprint density at radius 3 is 2.17 bits per heavy atom. The van der Waals surface area contributed by atoms with E-state index in [0.29, 0.717) is 6.61 Å². The predicted molar refractivity (Wildman–Crippen MR) is 71.8 cm³/mol. The molecule has 0 radical (unpaired) electrons. The van der Waals surface area contributed by atoms with Gasteiger partial charge in [-0.2, -0.15) is 0 Å². The molecule has 0 heterocycles. The van der Waals surface area contributed by atoms with Crippen LogP contribution in [0.2, 0.25) is 0 Å². The van der Waals surface area contributed by atoms with Crippen LogP contribution in [0.3, 0.4) is 0 Å². The summed E-state index contributed by atoms with van der Waals surface area (Å²) >= 11 is 0. The van der Waals surface area contributed by atoms with Gasteiger partial charge >= 0.3 is 0 Å². The van der Waals surface area contributed by atoms with Gasteiger partial charge in [-0.1, -0.05) is 30.3 Å². The van der Waals surface area contributed by atoms with Gasteiger partial charge in [0, 0.05) is 7.11 Å². The van der Waals surface area contributed by atoms with Crippen molar-refractivity contribution in [3.8, 4) is 11.5 Å². The highest BCUT2D eigenvalue weighted by Gasteiger charge is 2.05. The average Bonchev–Trinajstić information content (AvgIpc) is 2.41. The lowest BCUT2D eigenvalue weighted by molar-refractivity contribution is 0.181. The molecule has 0 bridgehead atoms. The van der Waals surface area contributed by atoms with Crippen molar-refractivity contribution in [2.45, 2.75) is 6.04 Å². The van der Waals surface area contributed by atoms with E-state index >= 15 is 0 Å². The molecule has 3 heteroatoms. The molecule has 2 aromatic rings. The molecule has 2 N–H and O–H groups in total. The zero-order valence-electron chi connectivity index (χ0n) is 10.4. The second-order valence-electron chi connectivity index (χ2n) is 4.05. The molecular formula is C15H17NO2. The van der Waals surface area contributed by atoms with Crippen molar-refractivity contribution >= 4 is 0 Å². The van der Waals surface area contributed by atoms with Crippen molar-refractivity contribution in [3.63, 3.8) is 0 Å². The molecule has 0 aliphatic carbocycles. The average molecular weight is 243 g/mol. The summed E-state index contributed by atoms with van der Waals surface area (Å²) in [6, 6.07) is 17.3. The lowest BCUT2D eigenvalue weighted by Gasteiger charge is -2.11. The highest BCUT2D eigenvalue weighted by Crippen LogP contribution is 2.22. The van der Waals surface area contributed by atoms with Gasteiger partial charge in [0.05, 0.1) is 12.6 Å². The van der Waals surface area contributed by atoms with Gasteiger partial charge in [-0.05, 0) is 29.8 Å². The van der Waals surface area contributed by atoms with E-state index < -0.39 is 0 Å². The summed E-state index contributed by atoms with van der Waals surface area (Å²) in [5.41, 5.74) is 6.98. The molecule has 94 valence electrons. The minimum atomic E-state index is -0.0965. The number of para-hydroxylation sites is 1. The largest absolute Gasteiger partial charge is 0.457 e. The predicted octanol–water partition coefficient (Wildman–Crippen LogP) is 3.13. The zero-order chi connectivity index (χ0) is 12.8. The molecular weight excluding hydrogens is 226 g/mol. The number of rotatable bonds is 5. The quantitative estimate of drug-likeness (QED) is 0.877. The highest BCUT2D eigenvalue weighted by molar-refractivity contribution is 5.33. The summed E-state index contributed by atoms with van der Waals surface area (Å²) in [6.07, 6.45) is 0. The van der Waals surface area contributed by atoms with Gasteiger partial charge in [-0.3, -0.25) is 0 Å². The number of nitrogens with two attached hydrogens (primary N) is 1. The zero-order valence-corrected chi connectivity index (χ0v) is 10.4. The maximum Gasteiger partial charge on any atom is 0.127 e. The Labute approximate surface area is 107 Å². The fourth-order valence-electron chi connectivity index (χ4n) is 1.68. The van der Waals surface area contributed by atoms with Crippen LogP contribution in [-0.2, 0) is 4.74 Å². The Hall–Kier alpha value is -1.84. The van der Waals surface area contributed by atoms with Crippen LogP contribution in [0.5, 0.6) is 11.5 Å². The molecule has 2 rings (SSSR count). The van der Waals surface area contributed by atoms with Crippen LogP contribution in [0.4, 0.5) is 0 Å². The van der Waals surface area contributed by atoms with Gasteiger partial charge < -0.3 is 15.2 Å². The molecule has 18 heavy (non-hydrogen) atoms. The van der Waals surface area contributed by atoms with Gasteiger partial charge in [0.25, 0.3) is 0 Å². The van der Waals surface area contributed by atoms with Gasteiger partial charge in [0.2, 0.25) is 0 Å². The third kappa shape index (κ3) is 3.32. The Morgan fingerprint density at radius 2 is 1.56 bits per heavy atom. The van der Waals surface area contributed by atoms with Crippen LogP contribution in [0.25, 0.3) is 0 Å². The van der Waals surface area contributed by atoms with Gasteiger partial charge in [0.1, 0.15) is 11.5 Å². The fourth-order valence-corrected chi connectivity index (χ4v) is 1.68. The van der Waals surface area contributed by atoms with Crippen molar-refractivity contribution < 1.29 is 9.47 Å². The molecule has 0 saturated heterocycles. The number of methoxy groups -OCH3 is 1. The van der Waals surface area contributed by atoms with Gasteiger partial charge in [-0.15, -0.1) is 0 Å². The smallest absolute Gasteiger partial charge is 0.127 e. The first-order valence-electron chi connectivity index (χ1n) is 5.87. The van der Waals surface area contributed by atoms with E-state index in [9.17, 15) is 0 Å². The summed E-state index contributed by atoms with van der Waals surface area (Å²) in [6.45, 7) is 0.513.